The van der Waals surface area contributed by atoms with Crippen LogP contribution in [-0.2, 0) is 23.0 Å². The molecule has 3 N–H and O–H groups in total. The normalized spacial score (nSPS) is 11.5. The number of hydrogen-bond acceptors (Lipinski definition) is 5. The minimum atomic E-state index is -0.780. The molecule has 3 rings (SSSR count). The van der Waals surface area contributed by atoms with Gasteiger partial charge in [0.15, 0.2) is 5.69 Å². The number of pyridine rings is 1. The van der Waals surface area contributed by atoms with E-state index in [-0.39, 0.29) is 30.3 Å². The molecule has 184 valence electrons. The summed E-state index contributed by atoms with van der Waals surface area (Å²) in [6.07, 6.45) is 1.68. The second kappa shape index (κ2) is 11.3. The number of aryl methyl sites for hydroxylation is 2. The van der Waals surface area contributed by atoms with Crippen molar-refractivity contribution in [1.29, 1.82) is 0 Å². The van der Waals surface area contributed by atoms with Gasteiger partial charge in [-0.05, 0) is 60.7 Å². The molecule has 0 radical (unpaired) electrons. The number of halogens is 1. The molecule has 8 nitrogen and oxygen atoms in total. The molecule has 9 heteroatoms. The second-order valence-electron chi connectivity index (χ2n) is 8.14. The Bertz CT molecular complexity index is 1290. The highest BCUT2D eigenvalue weighted by Gasteiger charge is 2.21. The quantitative estimate of drug-likeness (QED) is 0.422. The zero-order valence-corrected chi connectivity index (χ0v) is 19.8. The van der Waals surface area contributed by atoms with Gasteiger partial charge < -0.3 is 25.0 Å². The maximum Gasteiger partial charge on any atom is 0.319 e. The summed E-state index contributed by atoms with van der Waals surface area (Å²) in [6.45, 7) is 3.77. The molecular formula is C26H28FN3O5. The van der Waals surface area contributed by atoms with Crippen molar-refractivity contribution in [2.45, 2.75) is 32.7 Å². The lowest BCUT2D eigenvalue weighted by Gasteiger charge is -2.20. The average molecular weight is 482 g/mol. The van der Waals surface area contributed by atoms with Gasteiger partial charge in [-0.1, -0.05) is 30.3 Å². The first-order valence-electron chi connectivity index (χ1n) is 11.1. The third kappa shape index (κ3) is 6.69. The fraction of sp³-hybridized carbons (Fsp3) is 0.269. The lowest BCUT2D eigenvalue weighted by Crippen LogP contribution is -2.36. The minimum absolute atomic E-state index is 0.150. The highest BCUT2D eigenvalue weighted by atomic mass is 19.1. The highest BCUT2D eigenvalue weighted by molar-refractivity contribution is 5.91. The number of urea groups is 1. The number of nitrogens with one attached hydrogen (secondary N) is 2. The maximum atomic E-state index is 13.7. The van der Waals surface area contributed by atoms with Gasteiger partial charge in [0.2, 0.25) is 0 Å². The van der Waals surface area contributed by atoms with Crippen LogP contribution >= 0.6 is 0 Å². The molecule has 1 aromatic heterocycles. The number of esters is 1. The third-order valence-corrected chi connectivity index (χ3v) is 5.53. The van der Waals surface area contributed by atoms with Crippen molar-refractivity contribution < 1.29 is 23.8 Å². The van der Waals surface area contributed by atoms with E-state index in [1.54, 1.807) is 25.1 Å². The molecule has 0 fully saturated rings. The predicted octanol–water partition coefficient (Wildman–Crippen LogP) is 3.95. The van der Waals surface area contributed by atoms with Crippen molar-refractivity contribution in [2.75, 3.05) is 11.9 Å². The molecule has 0 aliphatic rings. The smallest absolute Gasteiger partial charge is 0.319 e. The average Bonchev–Trinajstić information content (AvgIpc) is 2.81. The monoisotopic (exact) mass is 481 g/mol. The molecule has 1 heterocycles. The molecule has 0 saturated carbocycles. The van der Waals surface area contributed by atoms with Crippen LogP contribution in [0.4, 0.5) is 14.9 Å². The van der Waals surface area contributed by atoms with Gasteiger partial charge in [0.1, 0.15) is 11.6 Å². The van der Waals surface area contributed by atoms with E-state index in [0.717, 1.165) is 16.7 Å². The summed E-state index contributed by atoms with van der Waals surface area (Å²) >= 11 is 0. The number of aromatic hydroxyl groups is 1. The van der Waals surface area contributed by atoms with Crippen LogP contribution in [0.3, 0.4) is 0 Å². The van der Waals surface area contributed by atoms with Crippen LogP contribution in [-0.4, -0.2) is 28.3 Å². The van der Waals surface area contributed by atoms with Crippen LogP contribution in [0.2, 0.25) is 0 Å². The fourth-order valence-electron chi connectivity index (χ4n) is 3.65. The Morgan fingerprint density at radius 3 is 2.69 bits per heavy atom. The first-order valence-corrected chi connectivity index (χ1v) is 11.1. The van der Waals surface area contributed by atoms with Crippen LogP contribution < -0.4 is 16.2 Å². The van der Waals surface area contributed by atoms with E-state index >= 15 is 0 Å². The molecule has 0 saturated heterocycles. The zero-order chi connectivity index (χ0) is 25.5. The maximum absolute atomic E-state index is 13.7. The van der Waals surface area contributed by atoms with Crippen LogP contribution in [0.1, 0.15) is 41.6 Å². The van der Waals surface area contributed by atoms with E-state index in [9.17, 15) is 23.9 Å². The highest BCUT2D eigenvalue weighted by Crippen LogP contribution is 2.23. The number of carbonyl (C=O) groups is 2. The number of anilines is 1. The Kier molecular flexibility index (Phi) is 8.25. The topological polar surface area (TPSA) is 110 Å². The molecule has 0 spiro atoms. The Hall–Kier alpha value is -4.14. The van der Waals surface area contributed by atoms with Crippen molar-refractivity contribution in [2.24, 2.45) is 7.05 Å². The van der Waals surface area contributed by atoms with Gasteiger partial charge >= 0.3 is 12.0 Å². The van der Waals surface area contributed by atoms with Crippen LogP contribution in [0.15, 0.2) is 59.5 Å². The summed E-state index contributed by atoms with van der Waals surface area (Å²) in [5, 5.41) is 15.0. The second-order valence-corrected chi connectivity index (χ2v) is 8.14. The molecule has 1 atom stereocenters. The van der Waals surface area contributed by atoms with Crippen molar-refractivity contribution in [1.82, 2.24) is 9.88 Å². The Morgan fingerprint density at radius 2 is 1.94 bits per heavy atom. The van der Waals surface area contributed by atoms with Crippen molar-refractivity contribution in [3.05, 3.63) is 93.2 Å². The number of hydrogen-bond donors (Lipinski definition) is 3. The number of carbonyl (C=O) groups excluding carboxylic acids is 2. The molecule has 35 heavy (non-hydrogen) atoms. The summed E-state index contributed by atoms with van der Waals surface area (Å²) in [5.74, 6) is -1.21. The standard InChI is InChI=1S/C26H28FN3O5/c1-4-35-23(32)15-21(28-26(34)29-24-22(31)10-11-30(3)25(24)33)18-7-5-6-17(12-18)13-19-14-20(27)9-8-16(19)2/h5-12,14,21,31H,4,13,15H2,1-3H3,(H2,28,29,34). The summed E-state index contributed by atoms with van der Waals surface area (Å²) in [7, 11) is 1.49. The molecule has 1 unspecified atom stereocenters. The van der Waals surface area contributed by atoms with Gasteiger partial charge in [-0.15, -0.1) is 0 Å². The third-order valence-electron chi connectivity index (χ3n) is 5.53. The van der Waals surface area contributed by atoms with Gasteiger partial charge in [0, 0.05) is 13.2 Å². The molecular weight excluding hydrogens is 453 g/mol. The predicted molar refractivity (Wildman–Crippen MR) is 130 cm³/mol. The number of nitrogens with zero attached hydrogens (tertiary/aromatic N) is 1. The molecule has 3 aromatic rings. The van der Waals surface area contributed by atoms with Crippen molar-refractivity contribution >= 4 is 17.7 Å². The Morgan fingerprint density at radius 1 is 1.17 bits per heavy atom. The van der Waals surface area contributed by atoms with Crippen LogP contribution in [0.5, 0.6) is 5.75 Å². The summed E-state index contributed by atoms with van der Waals surface area (Å²) in [6, 6.07) is 11.6. The largest absolute Gasteiger partial charge is 0.505 e. The number of rotatable bonds is 8. The van der Waals surface area contributed by atoms with Gasteiger partial charge in [-0.3, -0.25) is 9.59 Å². The van der Waals surface area contributed by atoms with E-state index in [0.29, 0.717) is 12.0 Å². The number of aromatic nitrogens is 1. The fourth-order valence-corrected chi connectivity index (χ4v) is 3.65. The van der Waals surface area contributed by atoms with Crippen molar-refractivity contribution in [3.8, 4) is 5.75 Å². The lowest BCUT2D eigenvalue weighted by molar-refractivity contribution is -0.143. The van der Waals surface area contributed by atoms with Gasteiger partial charge in [-0.25, -0.2) is 9.18 Å². The molecule has 0 bridgehead atoms. The van der Waals surface area contributed by atoms with Crippen LogP contribution in [0, 0.1) is 12.7 Å². The van der Waals surface area contributed by atoms with Crippen molar-refractivity contribution in [3.63, 3.8) is 0 Å². The summed E-state index contributed by atoms with van der Waals surface area (Å²) < 4.78 is 20.0. The minimum Gasteiger partial charge on any atom is -0.505 e. The van der Waals surface area contributed by atoms with Gasteiger partial charge in [0.05, 0.1) is 19.1 Å². The number of benzene rings is 2. The van der Waals surface area contributed by atoms with Crippen LogP contribution in [0.25, 0.3) is 0 Å². The van der Waals surface area contributed by atoms with E-state index in [1.165, 1.54) is 36.0 Å². The van der Waals surface area contributed by atoms with E-state index in [4.69, 9.17) is 4.74 Å². The SMILES string of the molecule is CCOC(=O)CC(NC(=O)Nc1c(O)ccn(C)c1=O)c1cccc(Cc2cc(F)ccc2C)c1. The molecule has 0 aliphatic heterocycles. The number of amides is 2. The Balaban J connectivity index is 1.85. The lowest BCUT2D eigenvalue weighted by atomic mass is 9.96. The van der Waals surface area contributed by atoms with E-state index in [2.05, 4.69) is 10.6 Å². The molecule has 2 aromatic carbocycles. The van der Waals surface area contributed by atoms with E-state index < -0.39 is 23.6 Å². The first-order chi connectivity index (χ1) is 16.7. The Labute approximate surface area is 202 Å². The first kappa shape index (κ1) is 25.5. The summed E-state index contributed by atoms with van der Waals surface area (Å²) in [5.41, 5.74) is 2.39. The number of ether oxygens (including phenoxy) is 1. The molecule has 2 amide bonds. The van der Waals surface area contributed by atoms with E-state index in [1.807, 2.05) is 19.1 Å². The molecule has 0 aliphatic carbocycles. The van der Waals surface area contributed by atoms with Gasteiger partial charge in [-0.2, -0.15) is 0 Å². The van der Waals surface area contributed by atoms with Gasteiger partial charge in [0.25, 0.3) is 5.56 Å². The zero-order valence-electron chi connectivity index (χ0n) is 19.8. The summed E-state index contributed by atoms with van der Waals surface area (Å²) in [4.78, 5) is 37.3.